The molecule has 4 rings (SSSR count). The number of nitrogens with zero attached hydrogens (tertiary/aromatic N) is 2. The van der Waals surface area contributed by atoms with Gasteiger partial charge in [0.25, 0.3) is 0 Å². The standard InChI is InChI=1S/C19H22BrN3O2/c20-16-3-1-2-15-17(24)8-11-23(18(15)16)12-22-9-6-13(7-10-22)19(25)21-14-4-5-14/h1-3,8,11,13-14H,4-7,9-10,12H2,(H,21,25). The molecule has 1 aromatic heterocycles. The van der Waals surface area contributed by atoms with Gasteiger partial charge in [-0.1, -0.05) is 6.07 Å². The Balaban J connectivity index is 1.45. The van der Waals surface area contributed by atoms with E-state index in [4.69, 9.17) is 0 Å². The monoisotopic (exact) mass is 403 g/mol. The van der Waals surface area contributed by atoms with E-state index >= 15 is 0 Å². The van der Waals surface area contributed by atoms with Crippen molar-refractivity contribution in [3.63, 3.8) is 0 Å². The van der Waals surface area contributed by atoms with E-state index in [0.29, 0.717) is 6.04 Å². The molecule has 1 saturated heterocycles. The predicted octanol–water partition coefficient (Wildman–Crippen LogP) is 2.71. The van der Waals surface area contributed by atoms with Crippen LogP contribution >= 0.6 is 15.9 Å². The van der Waals surface area contributed by atoms with Crippen LogP contribution in [0.2, 0.25) is 0 Å². The number of fused-ring (bicyclic) bond motifs is 1. The molecular weight excluding hydrogens is 382 g/mol. The summed E-state index contributed by atoms with van der Waals surface area (Å²) >= 11 is 3.57. The second kappa shape index (κ2) is 6.92. The average molecular weight is 404 g/mol. The number of hydrogen-bond acceptors (Lipinski definition) is 3. The van der Waals surface area contributed by atoms with Crippen molar-refractivity contribution in [2.75, 3.05) is 13.1 Å². The number of carbonyl (C=O) groups is 1. The molecule has 1 N–H and O–H groups in total. The third kappa shape index (κ3) is 3.65. The van der Waals surface area contributed by atoms with Crippen molar-refractivity contribution in [3.8, 4) is 0 Å². The minimum atomic E-state index is 0.0444. The number of amides is 1. The smallest absolute Gasteiger partial charge is 0.223 e. The molecule has 25 heavy (non-hydrogen) atoms. The summed E-state index contributed by atoms with van der Waals surface area (Å²) in [6, 6.07) is 7.79. The summed E-state index contributed by atoms with van der Waals surface area (Å²) in [6.07, 6.45) is 5.94. The van der Waals surface area contributed by atoms with E-state index in [2.05, 4.69) is 30.7 Å². The molecule has 1 aliphatic heterocycles. The highest BCUT2D eigenvalue weighted by Crippen LogP contribution is 2.25. The second-order valence-corrected chi connectivity index (χ2v) is 7.96. The topological polar surface area (TPSA) is 54.3 Å². The zero-order chi connectivity index (χ0) is 17.4. The fraction of sp³-hybridized carbons (Fsp3) is 0.474. The number of halogens is 1. The van der Waals surface area contributed by atoms with Gasteiger partial charge in [0, 0.05) is 47.2 Å². The van der Waals surface area contributed by atoms with Crippen molar-refractivity contribution < 1.29 is 4.79 Å². The number of benzene rings is 1. The molecule has 0 spiro atoms. The maximum Gasteiger partial charge on any atom is 0.223 e. The van der Waals surface area contributed by atoms with E-state index in [1.165, 1.54) is 0 Å². The van der Waals surface area contributed by atoms with Gasteiger partial charge in [-0.15, -0.1) is 0 Å². The zero-order valence-electron chi connectivity index (χ0n) is 14.1. The van der Waals surface area contributed by atoms with E-state index < -0.39 is 0 Å². The van der Waals surface area contributed by atoms with E-state index in [0.717, 1.165) is 60.8 Å². The van der Waals surface area contributed by atoms with Gasteiger partial charge in [-0.05, 0) is 53.7 Å². The van der Waals surface area contributed by atoms with Crippen LogP contribution in [0.4, 0.5) is 0 Å². The van der Waals surface area contributed by atoms with Crippen molar-refractivity contribution in [3.05, 3.63) is 45.2 Å². The number of likely N-dealkylation sites (tertiary alicyclic amines) is 1. The Morgan fingerprint density at radius 1 is 1.16 bits per heavy atom. The van der Waals surface area contributed by atoms with Crippen LogP contribution in [0.1, 0.15) is 25.7 Å². The zero-order valence-corrected chi connectivity index (χ0v) is 15.7. The number of pyridine rings is 1. The molecule has 1 aliphatic carbocycles. The van der Waals surface area contributed by atoms with Crippen LogP contribution in [-0.2, 0) is 11.5 Å². The first kappa shape index (κ1) is 16.8. The first-order valence-corrected chi connectivity index (χ1v) is 9.71. The molecule has 0 atom stereocenters. The molecule has 0 radical (unpaired) electrons. The summed E-state index contributed by atoms with van der Waals surface area (Å²) < 4.78 is 3.05. The number of carbonyl (C=O) groups excluding carboxylic acids is 1. The normalized spacial score (nSPS) is 19.2. The van der Waals surface area contributed by atoms with Crippen molar-refractivity contribution in [1.29, 1.82) is 0 Å². The number of rotatable bonds is 4. The van der Waals surface area contributed by atoms with E-state index in [9.17, 15) is 9.59 Å². The van der Waals surface area contributed by atoms with Crippen molar-refractivity contribution >= 4 is 32.7 Å². The number of hydrogen-bond donors (Lipinski definition) is 1. The van der Waals surface area contributed by atoms with Crippen LogP contribution in [0.15, 0.2) is 39.7 Å². The first-order chi connectivity index (χ1) is 12.1. The van der Waals surface area contributed by atoms with Gasteiger partial charge >= 0.3 is 0 Å². The van der Waals surface area contributed by atoms with Crippen molar-refractivity contribution in [2.45, 2.75) is 38.4 Å². The Labute approximate surface area is 155 Å². The summed E-state index contributed by atoms with van der Waals surface area (Å²) in [6.45, 7) is 2.54. The first-order valence-electron chi connectivity index (χ1n) is 8.92. The molecule has 2 aliphatic rings. The van der Waals surface area contributed by atoms with Crippen LogP contribution in [-0.4, -0.2) is 34.5 Å². The van der Waals surface area contributed by atoms with Gasteiger partial charge < -0.3 is 9.88 Å². The Morgan fingerprint density at radius 2 is 1.92 bits per heavy atom. The van der Waals surface area contributed by atoms with Gasteiger partial charge in [-0.2, -0.15) is 0 Å². The van der Waals surface area contributed by atoms with Crippen LogP contribution in [0, 0.1) is 5.92 Å². The summed E-state index contributed by atoms with van der Waals surface area (Å²) in [7, 11) is 0. The summed E-state index contributed by atoms with van der Waals surface area (Å²) in [5.41, 5.74) is 0.978. The summed E-state index contributed by atoms with van der Waals surface area (Å²) in [5.74, 6) is 0.382. The Kier molecular flexibility index (Phi) is 4.65. The molecule has 6 heteroatoms. The van der Waals surface area contributed by atoms with Gasteiger partial charge in [0.15, 0.2) is 5.43 Å². The number of para-hydroxylation sites is 1. The van der Waals surface area contributed by atoms with Crippen LogP contribution in [0.25, 0.3) is 10.9 Å². The number of nitrogens with one attached hydrogen (secondary N) is 1. The fourth-order valence-corrected chi connectivity index (χ4v) is 4.14. The van der Waals surface area contributed by atoms with Gasteiger partial charge in [-0.25, -0.2) is 0 Å². The Bertz CT molecular complexity index is 851. The Hall–Kier alpha value is -1.66. The van der Waals surface area contributed by atoms with Gasteiger partial charge in [0.1, 0.15) is 0 Å². The number of aromatic nitrogens is 1. The van der Waals surface area contributed by atoms with E-state index in [-0.39, 0.29) is 17.3 Å². The minimum absolute atomic E-state index is 0.0444. The SMILES string of the molecule is O=C(NC1CC1)C1CCN(Cn2ccc(=O)c3cccc(Br)c32)CC1. The number of piperidine rings is 1. The molecule has 1 aromatic carbocycles. The van der Waals surface area contributed by atoms with Crippen molar-refractivity contribution in [2.24, 2.45) is 5.92 Å². The molecule has 1 amide bonds. The van der Waals surface area contributed by atoms with Crippen molar-refractivity contribution in [1.82, 2.24) is 14.8 Å². The molecule has 2 fully saturated rings. The average Bonchev–Trinajstić information content (AvgIpc) is 3.42. The third-order valence-corrected chi connectivity index (χ3v) is 5.82. The Morgan fingerprint density at radius 3 is 2.64 bits per heavy atom. The molecule has 0 bridgehead atoms. The van der Waals surface area contributed by atoms with E-state index in [1.54, 1.807) is 6.07 Å². The van der Waals surface area contributed by atoms with Crippen LogP contribution in [0.5, 0.6) is 0 Å². The lowest BCUT2D eigenvalue weighted by molar-refractivity contribution is -0.126. The lowest BCUT2D eigenvalue weighted by Gasteiger charge is -2.32. The highest BCUT2D eigenvalue weighted by Gasteiger charge is 2.29. The maximum absolute atomic E-state index is 12.2. The summed E-state index contributed by atoms with van der Waals surface area (Å²) in [5, 5.41) is 3.85. The minimum Gasteiger partial charge on any atom is -0.353 e. The molecule has 2 aromatic rings. The fourth-order valence-electron chi connectivity index (χ4n) is 3.54. The lowest BCUT2D eigenvalue weighted by atomic mass is 9.96. The van der Waals surface area contributed by atoms with E-state index in [1.807, 2.05) is 24.4 Å². The molecule has 132 valence electrons. The highest BCUT2D eigenvalue weighted by molar-refractivity contribution is 9.10. The second-order valence-electron chi connectivity index (χ2n) is 7.10. The molecule has 2 heterocycles. The van der Waals surface area contributed by atoms with Gasteiger partial charge in [-0.3, -0.25) is 14.5 Å². The van der Waals surface area contributed by atoms with Gasteiger partial charge in [0.05, 0.1) is 12.2 Å². The van der Waals surface area contributed by atoms with Gasteiger partial charge in [0.2, 0.25) is 5.91 Å². The third-order valence-electron chi connectivity index (χ3n) is 5.18. The molecule has 5 nitrogen and oxygen atoms in total. The lowest BCUT2D eigenvalue weighted by Crippen LogP contribution is -2.41. The summed E-state index contributed by atoms with van der Waals surface area (Å²) in [4.78, 5) is 26.6. The quantitative estimate of drug-likeness (QED) is 0.853. The highest BCUT2D eigenvalue weighted by atomic mass is 79.9. The maximum atomic E-state index is 12.2. The predicted molar refractivity (Wildman–Crippen MR) is 101 cm³/mol. The van der Waals surface area contributed by atoms with Crippen LogP contribution < -0.4 is 10.7 Å². The molecule has 0 unspecified atom stereocenters. The van der Waals surface area contributed by atoms with Crippen LogP contribution in [0.3, 0.4) is 0 Å². The largest absolute Gasteiger partial charge is 0.353 e. The molecular formula is C19H22BrN3O2. The molecule has 1 saturated carbocycles.